The highest BCUT2D eigenvalue weighted by Gasteiger charge is 2.15. The van der Waals surface area contributed by atoms with Crippen LogP contribution in [-0.2, 0) is 0 Å². The Morgan fingerprint density at radius 3 is 2.92 bits per heavy atom. The third-order valence-corrected chi connectivity index (χ3v) is 4.10. The minimum absolute atomic E-state index is 0.0473. The number of benzene rings is 1. The van der Waals surface area contributed by atoms with Gasteiger partial charge in [-0.2, -0.15) is 5.10 Å². The van der Waals surface area contributed by atoms with E-state index in [2.05, 4.69) is 31.4 Å². The summed E-state index contributed by atoms with van der Waals surface area (Å²) in [6.45, 7) is 4.01. The molecule has 2 rings (SSSR count). The predicted octanol–water partition coefficient (Wildman–Crippen LogP) is 4.38. The number of methoxy groups -OCH3 is 1. The molecule has 138 valence electrons. The van der Waals surface area contributed by atoms with Crippen molar-refractivity contribution in [3.8, 4) is 11.5 Å². The maximum Gasteiger partial charge on any atom is 0.313 e. The van der Waals surface area contributed by atoms with Gasteiger partial charge in [0.2, 0.25) is 5.82 Å². The highest BCUT2D eigenvalue weighted by molar-refractivity contribution is 9.10. The van der Waals surface area contributed by atoms with Gasteiger partial charge >= 0.3 is 5.69 Å². The average Bonchev–Trinajstić information content (AvgIpc) is 2.63. The summed E-state index contributed by atoms with van der Waals surface area (Å²) in [7, 11) is 1.56. The van der Waals surface area contributed by atoms with Gasteiger partial charge in [0.05, 0.1) is 28.8 Å². The molecular weight excluding hydrogens is 404 g/mol. The lowest BCUT2D eigenvalue weighted by Crippen LogP contribution is -2.11. The molecule has 1 aromatic carbocycles. The van der Waals surface area contributed by atoms with E-state index in [1.165, 1.54) is 24.5 Å². The number of hydrogen-bond donors (Lipinski definition) is 1. The maximum atomic E-state index is 11.0. The topological polar surface area (TPSA) is 98.9 Å². The first kappa shape index (κ1) is 19.6. The summed E-state index contributed by atoms with van der Waals surface area (Å²) in [5, 5.41) is 15.0. The van der Waals surface area contributed by atoms with Crippen LogP contribution in [0.1, 0.15) is 25.8 Å². The molecule has 26 heavy (non-hydrogen) atoms. The summed E-state index contributed by atoms with van der Waals surface area (Å²) in [6, 6.07) is 6.43. The number of rotatable bonds is 8. The van der Waals surface area contributed by atoms with E-state index in [-0.39, 0.29) is 17.6 Å². The molecule has 0 unspecified atom stereocenters. The Morgan fingerprint density at radius 1 is 1.50 bits per heavy atom. The van der Waals surface area contributed by atoms with Crippen LogP contribution < -0.4 is 14.9 Å². The first-order chi connectivity index (χ1) is 12.5. The molecule has 1 N–H and O–H groups in total. The van der Waals surface area contributed by atoms with Crippen molar-refractivity contribution in [2.45, 2.75) is 26.4 Å². The highest BCUT2D eigenvalue weighted by Crippen LogP contribution is 2.37. The molecule has 1 heterocycles. The van der Waals surface area contributed by atoms with E-state index >= 15 is 0 Å². The third-order valence-electron chi connectivity index (χ3n) is 3.51. The zero-order valence-electron chi connectivity index (χ0n) is 14.6. The Hall–Kier alpha value is -2.68. The van der Waals surface area contributed by atoms with Crippen LogP contribution in [0.4, 0.5) is 11.5 Å². The lowest BCUT2D eigenvalue weighted by Gasteiger charge is -2.17. The van der Waals surface area contributed by atoms with Crippen molar-refractivity contribution in [3.63, 3.8) is 0 Å². The second kappa shape index (κ2) is 9.14. The quantitative estimate of drug-likeness (QED) is 0.384. The molecule has 0 radical (unpaired) electrons. The Bertz CT molecular complexity index is 813. The van der Waals surface area contributed by atoms with Crippen LogP contribution in [0, 0.1) is 10.1 Å². The fraction of sp³-hybridized carbons (Fsp3) is 0.294. The van der Waals surface area contributed by atoms with E-state index < -0.39 is 4.92 Å². The SMILES string of the molecule is CC[C@H](C)Oc1c(Br)cc(/C=N\Nc2ncccc2[N+](=O)[O-])cc1OC. The summed E-state index contributed by atoms with van der Waals surface area (Å²) in [5.41, 5.74) is 3.15. The largest absolute Gasteiger partial charge is 0.493 e. The molecule has 0 bridgehead atoms. The number of halogens is 1. The standard InChI is InChI=1S/C17H19BrN4O4/c1-4-11(2)26-16-13(18)8-12(9-15(16)25-3)10-20-21-17-14(22(23)24)6-5-7-19-17/h5-11H,4H2,1-3H3,(H,19,21)/b20-10-/t11-/m0/s1. The number of ether oxygens (including phenoxy) is 2. The predicted molar refractivity (Wildman–Crippen MR) is 103 cm³/mol. The van der Waals surface area contributed by atoms with Gasteiger partial charge in [-0.1, -0.05) is 6.92 Å². The number of hydrogen-bond acceptors (Lipinski definition) is 7. The van der Waals surface area contributed by atoms with E-state index in [1.807, 2.05) is 19.9 Å². The van der Waals surface area contributed by atoms with Gasteiger partial charge in [-0.3, -0.25) is 15.5 Å². The second-order valence-corrected chi connectivity index (χ2v) is 6.22. The Morgan fingerprint density at radius 2 is 2.27 bits per heavy atom. The van der Waals surface area contributed by atoms with Crippen LogP contribution in [0.25, 0.3) is 0 Å². The van der Waals surface area contributed by atoms with Crippen molar-refractivity contribution in [2.75, 3.05) is 12.5 Å². The van der Waals surface area contributed by atoms with E-state index in [9.17, 15) is 10.1 Å². The van der Waals surface area contributed by atoms with E-state index in [0.29, 0.717) is 11.5 Å². The Balaban J connectivity index is 2.21. The van der Waals surface area contributed by atoms with Crippen LogP contribution >= 0.6 is 15.9 Å². The lowest BCUT2D eigenvalue weighted by atomic mass is 10.2. The first-order valence-corrected chi connectivity index (χ1v) is 8.68. The van der Waals surface area contributed by atoms with Crippen molar-refractivity contribution in [1.29, 1.82) is 0 Å². The molecule has 9 heteroatoms. The number of nitrogens with zero attached hydrogens (tertiary/aromatic N) is 3. The summed E-state index contributed by atoms with van der Waals surface area (Å²) in [4.78, 5) is 14.4. The van der Waals surface area contributed by atoms with Gasteiger partial charge in [0.25, 0.3) is 0 Å². The van der Waals surface area contributed by atoms with Crippen LogP contribution in [-0.4, -0.2) is 29.3 Å². The van der Waals surface area contributed by atoms with Crippen molar-refractivity contribution in [1.82, 2.24) is 4.98 Å². The molecule has 0 spiro atoms. The Labute approximate surface area is 159 Å². The number of aromatic nitrogens is 1. The van der Waals surface area contributed by atoms with Crippen molar-refractivity contribution < 1.29 is 14.4 Å². The van der Waals surface area contributed by atoms with Crippen LogP contribution in [0.15, 0.2) is 40.0 Å². The first-order valence-electron chi connectivity index (χ1n) is 7.88. The smallest absolute Gasteiger partial charge is 0.313 e. The molecule has 0 aliphatic rings. The van der Waals surface area contributed by atoms with Crippen molar-refractivity contribution >= 4 is 33.6 Å². The minimum Gasteiger partial charge on any atom is -0.493 e. The number of nitrogens with one attached hydrogen (secondary N) is 1. The van der Waals surface area contributed by atoms with E-state index in [4.69, 9.17) is 9.47 Å². The second-order valence-electron chi connectivity index (χ2n) is 5.37. The number of anilines is 1. The van der Waals surface area contributed by atoms with Crippen LogP contribution in [0.2, 0.25) is 0 Å². The molecule has 0 saturated carbocycles. The summed E-state index contributed by atoms with van der Waals surface area (Å²) < 4.78 is 12.0. The third kappa shape index (κ3) is 4.92. The van der Waals surface area contributed by atoms with Gasteiger partial charge < -0.3 is 9.47 Å². The maximum absolute atomic E-state index is 11.0. The molecule has 0 fully saturated rings. The van der Waals surface area contributed by atoms with Crippen LogP contribution in [0.5, 0.6) is 11.5 Å². The number of pyridine rings is 1. The van der Waals surface area contributed by atoms with Gasteiger partial charge in [-0.15, -0.1) is 0 Å². The summed E-state index contributed by atoms with van der Waals surface area (Å²) in [6.07, 6.45) is 3.88. The zero-order chi connectivity index (χ0) is 19.1. The fourth-order valence-electron chi connectivity index (χ4n) is 2.01. The molecule has 8 nitrogen and oxygen atoms in total. The van der Waals surface area contributed by atoms with Gasteiger partial charge in [-0.25, -0.2) is 4.98 Å². The molecule has 0 aliphatic carbocycles. The van der Waals surface area contributed by atoms with Gasteiger partial charge in [0.1, 0.15) is 0 Å². The van der Waals surface area contributed by atoms with Crippen LogP contribution in [0.3, 0.4) is 0 Å². The van der Waals surface area contributed by atoms with Gasteiger partial charge in [0.15, 0.2) is 11.5 Å². The molecule has 1 atom stereocenters. The van der Waals surface area contributed by atoms with Gasteiger partial charge in [0, 0.05) is 12.3 Å². The van der Waals surface area contributed by atoms with E-state index in [1.54, 1.807) is 13.2 Å². The minimum atomic E-state index is -0.522. The molecule has 0 aliphatic heterocycles. The monoisotopic (exact) mass is 422 g/mol. The Kier molecular flexibility index (Phi) is 6.90. The number of nitro groups is 1. The summed E-state index contributed by atoms with van der Waals surface area (Å²) in [5.74, 6) is 1.24. The van der Waals surface area contributed by atoms with Gasteiger partial charge in [-0.05, 0) is 53.0 Å². The van der Waals surface area contributed by atoms with Crippen molar-refractivity contribution in [3.05, 3.63) is 50.6 Å². The number of hydrazone groups is 1. The molecule has 1 aromatic heterocycles. The molecule has 0 amide bonds. The normalized spacial score (nSPS) is 12.0. The van der Waals surface area contributed by atoms with Crippen molar-refractivity contribution in [2.24, 2.45) is 5.10 Å². The molecule has 2 aromatic rings. The molecular formula is C17H19BrN4O4. The molecule has 0 saturated heterocycles. The highest BCUT2D eigenvalue weighted by atomic mass is 79.9. The lowest BCUT2D eigenvalue weighted by molar-refractivity contribution is -0.384. The average molecular weight is 423 g/mol. The fourth-order valence-corrected chi connectivity index (χ4v) is 2.56. The van der Waals surface area contributed by atoms with E-state index in [0.717, 1.165) is 16.5 Å². The zero-order valence-corrected chi connectivity index (χ0v) is 16.2. The summed E-state index contributed by atoms with van der Waals surface area (Å²) >= 11 is 3.48.